The molecule has 3 heteroatoms. The van der Waals surface area contributed by atoms with Gasteiger partial charge in [-0.15, -0.1) is 0 Å². The van der Waals surface area contributed by atoms with Gasteiger partial charge in [0.15, 0.2) is 6.54 Å². The molecule has 3 radical (unpaired) electrons. The Labute approximate surface area is 66.0 Å². The Balaban J connectivity index is 2.22. The van der Waals surface area contributed by atoms with E-state index in [0.29, 0.717) is 0 Å². The van der Waals surface area contributed by atoms with Gasteiger partial charge in [-0.1, -0.05) is 6.04 Å². The van der Waals surface area contributed by atoms with Crippen LogP contribution in [0.1, 0.15) is 6.42 Å². The average Bonchev–Trinajstić information content (AvgIpc) is 2.31. The summed E-state index contributed by atoms with van der Waals surface area (Å²) in [5.74, 6) is 0. The topological polar surface area (TPSA) is 7.45 Å². The van der Waals surface area contributed by atoms with Crippen molar-refractivity contribution in [1.82, 2.24) is 0 Å². The molecule has 1 atom stereocenters. The number of nitrogens with zero attached hydrogens (tertiary/aromatic N) is 1. The number of quaternary nitrogens is 1. The number of hydrogen-bond acceptors (Lipinski definition) is 0. The van der Waals surface area contributed by atoms with Crippen molar-refractivity contribution in [3.63, 3.8) is 0 Å². The van der Waals surface area contributed by atoms with Gasteiger partial charge in [0.1, 0.15) is 13.1 Å². The third-order valence-corrected chi connectivity index (χ3v) is 2.17. The van der Waals surface area contributed by atoms with E-state index in [1.165, 1.54) is 31.0 Å². The first-order chi connectivity index (χ1) is 4.83. The average molecular weight is 155 g/mol. The van der Waals surface area contributed by atoms with Gasteiger partial charge >= 0.3 is 6.34 Å². The smallest absolute Gasteiger partial charge is 0.251 e. The molecule has 0 aliphatic carbocycles. The maximum atomic E-state index is 3.47. The van der Waals surface area contributed by atoms with Crippen LogP contribution in [0.5, 0.6) is 0 Å². The molecule has 0 aromatic heterocycles. The van der Waals surface area contributed by atoms with E-state index in [9.17, 15) is 0 Å². The van der Waals surface area contributed by atoms with Gasteiger partial charge in [0.2, 0.25) is 0 Å². The summed E-state index contributed by atoms with van der Waals surface area (Å²) in [6, 6.07) is 1.11. The highest BCUT2D eigenvalue weighted by Crippen LogP contribution is 1.85. The minimum atomic E-state index is 1.11. The molecular weight excluding hydrogens is 140 g/mol. The SMILES string of the molecule is C[NH+]1C=[N+](CCC[Si])CC1. The summed E-state index contributed by atoms with van der Waals surface area (Å²) >= 11 is 0. The summed E-state index contributed by atoms with van der Waals surface area (Å²) < 4.78 is 2.40. The summed E-state index contributed by atoms with van der Waals surface area (Å²) in [5.41, 5.74) is 0. The van der Waals surface area contributed by atoms with Crippen LogP contribution < -0.4 is 4.90 Å². The van der Waals surface area contributed by atoms with Crippen molar-refractivity contribution < 1.29 is 9.48 Å². The van der Waals surface area contributed by atoms with E-state index >= 15 is 0 Å². The minimum Gasteiger partial charge on any atom is -0.251 e. The van der Waals surface area contributed by atoms with Crippen molar-refractivity contribution in [2.24, 2.45) is 0 Å². The molecule has 0 amide bonds. The predicted molar refractivity (Wildman–Crippen MR) is 43.0 cm³/mol. The fourth-order valence-corrected chi connectivity index (χ4v) is 1.38. The molecule has 1 aliphatic rings. The second-order valence-corrected chi connectivity index (χ2v) is 3.36. The van der Waals surface area contributed by atoms with E-state index in [4.69, 9.17) is 0 Å². The lowest BCUT2D eigenvalue weighted by molar-refractivity contribution is -0.769. The van der Waals surface area contributed by atoms with Crippen LogP contribution in [0, 0.1) is 0 Å². The highest BCUT2D eigenvalue weighted by molar-refractivity contribution is 6.08. The van der Waals surface area contributed by atoms with Crippen molar-refractivity contribution in [3.05, 3.63) is 0 Å². The van der Waals surface area contributed by atoms with Gasteiger partial charge in [-0.05, 0) is 0 Å². The minimum absolute atomic E-state index is 1.11. The quantitative estimate of drug-likeness (QED) is 0.376. The molecular formula is C7H15N2Si+2. The maximum Gasteiger partial charge on any atom is 0.325 e. The number of hydrogen-bond donors (Lipinski definition) is 1. The van der Waals surface area contributed by atoms with Gasteiger partial charge < -0.3 is 0 Å². The van der Waals surface area contributed by atoms with Crippen LogP contribution in [-0.2, 0) is 0 Å². The molecule has 0 spiro atoms. The Kier molecular flexibility index (Phi) is 3.09. The van der Waals surface area contributed by atoms with Crippen LogP contribution in [0.25, 0.3) is 0 Å². The second kappa shape index (κ2) is 3.88. The Morgan fingerprint density at radius 2 is 2.50 bits per heavy atom. The molecule has 1 N–H and O–H groups in total. The van der Waals surface area contributed by atoms with Crippen LogP contribution in [0.15, 0.2) is 0 Å². The Morgan fingerprint density at radius 3 is 3.00 bits per heavy atom. The second-order valence-electron chi connectivity index (χ2n) is 2.86. The number of nitrogens with one attached hydrogen (secondary N) is 1. The summed E-state index contributed by atoms with van der Waals surface area (Å²) in [4.78, 5) is 1.52. The van der Waals surface area contributed by atoms with Crippen molar-refractivity contribution in [2.45, 2.75) is 12.5 Å². The highest BCUT2D eigenvalue weighted by atomic mass is 28.1. The van der Waals surface area contributed by atoms with Gasteiger partial charge in [0, 0.05) is 16.7 Å². The number of likely N-dealkylation sites (N-methyl/N-ethyl adjacent to an activating group) is 1. The Bertz CT molecular complexity index is 134. The number of rotatable bonds is 3. The zero-order chi connectivity index (χ0) is 7.40. The van der Waals surface area contributed by atoms with Gasteiger partial charge in [0.25, 0.3) is 0 Å². The van der Waals surface area contributed by atoms with Gasteiger partial charge in [-0.25, -0.2) is 0 Å². The van der Waals surface area contributed by atoms with E-state index in [2.05, 4.69) is 28.2 Å². The van der Waals surface area contributed by atoms with Gasteiger partial charge in [0.05, 0.1) is 7.05 Å². The molecule has 0 aromatic carbocycles. The fourth-order valence-electron chi connectivity index (χ4n) is 1.22. The van der Waals surface area contributed by atoms with Crippen LogP contribution >= 0.6 is 0 Å². The lowest BCUT2D eigenvalue weighted by Gasteiger charge is -1.89. The third kappa shape index (κ3) is 2.23. The zero-order valence-electron chi connectivity index (χ0n) is 6.56. The van der Waals surface area contributed by atoms with E-state index < -0.39 is 0 Å². The van der Waals surface area contributed by atoms with E-state index in [-0.39, 0.29) is 0 Å². The van der Waals surface area contributed by atoms with E-state index in [0.717, 1.165) is 6.04 Å². The first kappa shape index (κ1) is 7.95. The molecule has 1 heterocycles. The first-order valence-electron chi connectivity index (χ1n) is 3.89. The van der Waals surface area contributed by atoms with E-state index in [1.54, 1.807) is 0 Å². The summed E-state index contributed by atoms with van der Waals surface area (Å²) in [7, 11) is 5.67. The zero-order valence-corrected chi connectivity index (χ0v) is 7.56. The Hall–Kier alpha value is -0.153. The van der Waals surface area contributed by atoms with Crippen molar-refractivity contribution >= 4 is 16.6 Å². The monoisotopic (exact) mass is 155 g/mol. The largest absolute Gasteiger partial charge is 0.325 e. The van der Waals surface area contributed by atoms with Crippen molar-refractivity contribution in [2.75, 3.05) is 26.7 Å². The molecule has 1 aliphatic heterocycles. The highest BCUT2D eigenvalue weighted by Gasteiger charge is 2.18. The van der Waals surface area contributed by atoms with Gasteiger partial charge in [-0.3, -0.25) is 4.90 Å². The van der Waals surface area contributed by atoms with Crippen LogP contribution in [0.2, 0.25) is 6.04 Å². The summed E-state index contributed by atoms with van der Waals surface area (Å²) in [6.45, 7) is 3.71. The van der Waals surface area contributed by atoms with E-state index in [1.807, 2.05) is 0 Å². The predicted octanol–water partition coefficient (Wildman–Crippen LogP) is -1.47. The fraction of sp³-hybridized carbons (Fsp3) is 0.857. The standard InChI is InChI=1S/C7H14N2Si/c1-8-4-5-9(7-8)3-2-6-10/h7H,2-6H2,1H3/q+1/p+1. The van der Waals surface area contributed by atoms with Gasteiger partial charge in [-0.2, -0.15) is 4.58 Å². The molecule has 1 rings (SSSR count). The molecule has 0 aromatic rings. The normalized spacial score (nSPS) is 25.0. The van der Waals surface area contributed by atoms with Crippen LogP contribution in [0.4, 0.5) is 0 Å². The molecule has 2 nitrogen and oxygen atoms in total. The van der Waals surface area contributed by atoms with Crippen molar-refractivity contribution in [3.8, 4) is 0 Å². The lowest BCUT2D eigenvalue weighted by Crippen LogP contribution is -3.06. The maximum absolute atomic E-state index is 3.47. The van der Waals surface area contributed by atoms with Crippen LogP contribution in [0.3, 0.4) is 0 Å². The molecule has 0 fully saturated rings. The van der Waals surface area contributed by atoms with Crippen LogP contribution in [-0.4, -0.2) is 47.8 Å². The third-order valence-electron chi connectivity index (χ3n) is 1.82. The molecule has 1 unspecified atom stereocenters. The molecule has 0 saturated heterocycles. The van der Waals surface area contributed by atoms with Crippen molar-refractivity contribution in [1.29, 1.82) is 0 Å². The molecule has 10 heavy (non-hydrogen) atoms. The summed E-state index contributed by atoms with van der Waals surface area (Å²) in [6.07, 6.45) is 3.53. The first-order valence-corrected chi connectivity index (χ1v) is 4.59. The summed E-state index contributed by atoms with van der Waals surface area (Å²) in [5, 5.41) is 0. The Morgan fingerprint density at radius 1 is 1.70 bits per heavy atom. The molecule has 0 bridgehead atoms. The molecule has 55 valence electrons. The lowest BCUT2D eigenvalue weighted by atomic mass is 10.4. The molecule has 0 saturated carbocycles.